The fraction of sp³-hybridized carbons (Fsp3) is 0. The smallest absolute Gasteiger partial charge is 0.164 e. The number of phenolic OH excluding ortho intramolecular Hbond substituents is 2. The second kappa shape index (κ2) is 9.11. The number of aromatic nitrogens is 4. The van der Waals surface area contributed by atoms with E-state index in [0.717, 1.165) is 27.8 Å². The van der Waals surface area contributed by atoms with Crippen molar-refractivity contribution in [1.29, 1.82) is 0 Å². The molecule has 2 heterocycles. The third kappa shape index (κ3) is 3.78. The van der Waals surface area contributed by atoms with Crippen molar-refractivity contribution in [3.8, 4) is 51.2 Å². The highest BCUT2D eigenvalue weighted by atomic mass is 16.3. The Morgan fingerprint density at radius 1 is 0.513 bits per heavy atom. The third-order valence-corrected chi connectivity index (χ3v) is 6.84. The molecule has 0 radical (unpaired) electrons. The van der Waals surface area contributed by atoms with Crippen LogP contribution in [-0.4, -0.2) is 29.7 Å². The van der Waals surface area contributed by atoms with Crippen LogP contribution in [0.25, 0.3) is 61.7 Å². The highest BCUT2D eigenvalue weighted by Gasteiger charge is 2.22. The Bertz CT molecular complexity index is 1980. The van der Waals surface area contributed by atoms with Gasteiger partial charge in [-0.05, 0) is 48.5 Å². The van der Waals surface area contributed by atoms with Crippen molar-refractivity contribution in [2.45, 2.75) is 0 Å². The summed E-state index contributed by atoms with van der Waals surface area (Å²) in [5.41, 5.74) is 5.92. The van der Waals surface area contributed by atoms with Gasteiger partial charge in [0.1, 0.15) is 28.4 Å². The predicted molar refractivity (Wildman–Crippen MR) is 154 cm³/mol. The molecule has 0 aliphatic carbocycles. The van der Waals surface area contributed by atoms with Crippen LogP contribution < -0.4 is 0 Å². The van der Waals surface area contributed by atoms with Crippen LogP contribution in [0.4, 0.5) is 0 Å². The number of aromatic hydroxyl groups is 2. The number of nitrogens with zero attached hydrogens (tertiary/aromatic N) is 4. The van der Waals surface area contributed by atoms with E-state index in [4.69, 9.17) is 15.0 Å². The van der Waals surface area contributed by atoms with Crippen molar-refractivity contribution in [2.75, 3.05) is 0 Å². The van der Waals surface area contributed by atoms with E-state index < -0.39 is 0 Å². The van der Waals surface area contributed by atoms with Crippen LogP contribution in [0.1, 0.15) is 0 Å². The van der Waals surface area contributed by atoms with E-state index in [1.54, 1.807) is 30.3 Å². The molecule has 0 aliphatic rings. The normalized spacial score (nSPS) is 11.3. The lowest BCUT2D eigenvalue weighted by atomic mass is 10.0. The summed E-state index contributed by atoms with van der Waals surface area (Å²) >= 11 is 0. The molecule has 0 aliphatic heterocycles. The Balaban J connectivity index is 1.62. The second-order valence-electron chi connectivity index (χ2n) is 9.23. The molecular weight excluding hydrogens is 484 g/mol. The topological polar surface area (TPSA) is 84.1 Å². The van der Waals surface area contributed by atoms with Gasteiger partial charge in [0.25, 0.3) is 0 Å². The molecular formula is C33H22N4O2. The van der Waals surface area contributed by atoms with Gasteiger partial charge >= 0.3 is 0 Å². The lowest BCUT2D eigenvalue weighted by molar-refractivity contribution is 0.476. The minimum absolute atomic E-state index is 0.104. The molecule has 0 bridgehead atoms. The van der Waals surface area contributed by atoms with Gasteiger partial charge in [-0.15, -0.1) is 0 Å². The average molecular weight is 507 g/mol. The van der Waals surface area contributed by atoms with Gasteiger partial charge < -0.3 is 10.2 Å². The molecule has 39 heavy (non-hydrogen) atoms. The molecule has 0 atom stereocenters. The Hall–Kier alpha value is -5.49. The van der Waals surface area contributed by atoms with Crippen LogP contribution in [0.2, 0.25) is 0 Å². The third-order valence-electron chi connectivity index (χ3n) is 6.84. The van der Waals surface area contributed by atoms with Crippen LogP contribution in [-0.2, 0) is 0 Å². The number of para-hydroxylation sites is 3. The molecule has 0 fully saturated rings. The van der Waals surface area contributed by atoms with Crippen molar-refractivity contribution in [2.24, 2.45) is 0 Å². The first-order chi connectivity index (χ1) is 19.2. The van der Waals surface area contributed by atoms with Crippen molar-refractivity contribution < 1.29 is 10.2 Å². The van der Waals surface area contributed by atoms with E-state index in [1.807, 2.05) is 95.6 Å². The van der Waals surface area contributed by atoms with E-state index in [9.17, 15) is 10.2 Å². The summed E-state index contributed by atoms with van der Waals surface area (Å²) in [4.78, 5) is 15.0. The zero-order chi connectivity index (χ0) is 26.3. The lowest BCUT2D eigenvalue weighted by Gasteiger charge is -2.12. The van der Waals surface area contributed by atoms with Gasteiger partial charge in [-0.2, -0.15) is 0 Å². The van der Waals surface area contributed by atoms with Gasteiger partial charge in [0, 0.05) is 16.6 Å². The maximum absolute atomic E-state index is 10.8. The number of rotatable bonds is 4. The van der Waals surface area contributed by atoms with Crippen LogP contribution in [0.3, 0.4) is 0 Å². The molecule has 0 spiro atoms. The first kappa shape index (κ1) is 22.7. The summed E-state index contributed by atoms with van der Waals surface area (Å²) in [7, 11) is 0. The van der Waals surface area contributed by atoms with Gasteiger partial charge in [-0.1, -0.05) is 72.8 Å². The molecule has 0 saturated carbocycles. The Morgan fingerprint density at radius 3 is 1.82 bits per heavy atom. The lowest BCUT2D eigenvalue weighted by Crippen LogP contribution is -1.98. The van der Waals surface area contributed by atoms with Gasteiger partial charge in [-0.25, -0.2) is 15.0 Å². The minimum Gasteiger partial charge on any atom is -0.507 e. The number of hydrogen-bond donors (Lipinski definition) is 2. The number of phenols is 2. The van der Waals surface area contributed by atoms with E-state index in [0.29, 0.717) is 33.8 Å². The molecule has 7 aromatic rings. The monoisotopic (exact) mass is 506 g/mol. The SMILES string of the molecule is Oc1ccccc1-c1nc(-c2ccccc2)c2ccc3c(nc(-c4ccccc4O)n3-c3ccccc3)c2n1. The predicted octanol–water partition coefficient (Wildman–Crippen LogP) is 7.38. The molecule has 0 unspecified atom stereocenters. The molecule has 0 amide bonds. The zero-order valence-corrected chi connectivity index (χ0v) is 20.7. The molecule has 7 rings (SSSR count). The van der Waals surface area contributed by atoms with E-state index in [-0.39, 0.29) is 11.5 Å². The quantitative estimate of drug-likeness (QED) is 0.260. The Labute approximate surface area is 224 Å². The Kier molecular flexibility index (Phi) is 5.30. The van der Waals surface area contributed by atoms with Crippen molar-refractivity contribution >= 4 is 21.9 Å². The summed E-state index contributed by atoms with van der Waals surface area (Å²) in [6.07, 6.45) is 0. The Morgan fingerprint density at radius 2 is 1.13 bits per heavy atom. The summed E-state index contributed by atoms with van der Waals surface area (Å²) in [5, 5.41) is 22.3. The summed E-state index contributed by atoms with van der Waals surface area (Å²) in [6.45, 7) is 0. The zero-order valence-electron chi connectivity index (χ0n) is 20.7. The number of benzene rings is 5. The fourth-order valence-corrected chi connectivity index (χ4v) is 5.01. The number of hydrogen-bond acceptors (Lipinski definition) is 5. The van der Waals surface area contributed by atoms with Gasteiger partial charge in [0.2, 0.25) is 0 Å². The van der Waals surface area contributed by atoms with Gasteiger partial charge in [0.05, 0.1) is 22.3 Å². The van der Waals surface area contributed by atoms with Gasteiger partial charge in [-0.3, -0.25) is 4.57 Å². The van der Waals surface area contributed by atoms with Crippen molar-refractivity contribution in [3.05, 3.63) is 121 Å². The summed E-state index contributed by atoms with van der Waals surface area (Å²) in [5.74, 6) is 1.26. The van der Waals surface area contributed by atoms with Crippen LogP contribution in [0.5, 0.6) is 11.5 Å². The highest BCUT2D eigenvalue weighted by Crippen LogP contribution is 2.39. The molecule has 2 aromatic heterocycles. The first-order valence-electron chi connectivity index (χ1n) is 12.6. The van der Waals surface area contributed by atoms with E-state index >= 15 is 0 Å². The number of fused-ring (bicyclic) bond motifs is 3. The minimum atomic E-state index is 0.104. The number of imidazole rings is 1. The maximum atomic E-state index is 10.8. The highest BCUT2D eigenvalue weighted by molar-refractivity contribution is 6.08. The van der Waals surface area contributed by atoms with Gasteiger partial charge in [0.15, 0.2) is 5.82 Å². The molecule has 6 heteroatoms. The maximum Gasteiger partial charge on any atom is 0.164 e. The molecule has 186 valence electrons. The van der Waals surface area contributed by atoms with Crippen LogP contribution >= 0.6 is 0 Å². The largest absolute Gasteiger partial charge is 0.507 e. The van der Waals surface area contributed by atoms with E-state index in [1.165, 1.54) is 0 Å². The summed E-state index contributed by atoms with van der Waals surface area (Å²) < 4.78 is 2.04. The second-order valence-corrected chi connectivity index (χ2v) is 9.23. The molecule has 5 aromatic carbocycles. The first-order valence-corrected chi connectivity index (χ1v) is 12.6. The van der Waals surface area contributed by atoms with Crippen molar-refractivity contribution in [3.63, 3.8) is 0 Å². The molecule has 0 saturated heterocycles. The van der Waals surface area contributed by atoms with E-state index in [2.05, 4.69) is 0 Å². The molecule has 2 N–H and O–H groups in total. The molecule has 6 nitrogen and oxygen atoms in total. The average Bonchev–Trinajstić information content (AvgIpc) is 3.38. The van der Waals surface area contributed by atoms with Crippen LogP contribution in [0, 0.1) is 0 Å². The standard InChI is InChI=1S/C33H22N4O2/c38-27-17-9-7-15-23(27)32-34-29(21-11-3-1-4-12-21)25-19-20-26-31(30(25)35-32)36-33(24-16-8-10-18-28(24)39)37(26)22-13-5-2-6-14-22/h1-20,38-39H. The van der Waals surface area contributed by atoms with Crippen molar-refractivity contribution in [1.82, 2.24) is 19.5 Å². The fourth-order valence-electron chi connectivity index (χ4n) is 5.01. The van der Waals surface area contributed by atoms with Crippen LogP contribution in [0.15, 0.2) is 121 Å². The summed E-state index contributed by atoms with van der Waals surface area (Å²) in [6, 6.07) is 38.2.